The number of carbonyl (C=O) groups is 2. The largest absolute Gasteiger partial charge is 0.481 e. The van der Waals surface area contributed by atoms with Crippen LogP contribution in [0.5, 0.6) is 0 Å². The number of aromatic nitrogens is 1. The third-order valence-electron chi connectivity index (χ3n) is 4.42. The number of carboxylic acids is 1. The lowest BCUT2D eigenvalue weighted by molar-refractivity contribution is -0.138. The molecular weight excluding hydrogens is 280 g/mol. The number of rotatable bonds is 4. The van der Waals surface area contributed by atoms with Gasteiger partial charge in [0.1, 0.15) is 6.54 Å². The molecule has 1 amide bonds. The van der Waals surface area contributed by atoms with Gasteiger partial charge in [-0.2, -0.15) is 0 Å². The van der Waals surface area contributed by atoms with E-state index in [-0.39, 0.29) is 18.2 Å². The number of amides is 1. The number of benzene rings is 1. The Hall–Kier alpha value is -2.30. The fourth-order valence-electron chi connectivity index (χ4n) is 3.16. The highest BCUT2D eigenvalue weighted by molar-refractivity contribution is 5.83. The van der Waals surface area contributed by atoms with Gasteiger partial charge in [-0.15, -0.1) is 0 Å². The molecule has 0 unspecified atom stereocenters. The average molecular weight is 300 g/mol. The van der Waals surface area contributed by atoms with Gasteiger partial charge in [0.2, 0.25) is 5.91 Å². The van der Waals surface area contributed by atoms with Gasteiger partial charge in [-0.05, 0) is 36.3 Å². The number of piperidine rings is 1. The van der Waals surface area contributed by atoms with Gasteiger partial charge in [0.25, 0.3) is 0 Å². The minimum absolute atomic E-state index is 0.107. The molecular formula is C17H20N2O3. The van der Waals surface area contributed by atoms with Gasteiger partial charge in [-0.1, -0.05) is 18.2 Å². The van der Waals surface area contributed by atoms with E-state index in [1.165, 1.54) is 0 Å². The molecule has 5 heteroatoms. The molecule has 1 aliphatic rings. The number of hydrogen-bond acceptors (Lipinski definition) is 2. The number of likely N-dealkylation sites (tertiary alicyclic amines) is 1. The van der Waals surface area contributed by atoms with Crippen molar-refractivity contribution in [1.82, 2.24) is 9.47 Å². The van der Waals surface area contributed by atoms with Crippen LogP contribution in [0.4, 0.5) is 0 Å². The maximum atomic E-state index is 12.4. The molecule has 1 aromatic carbocycles. The summed E-state index contributed by atoms with van der Waals surface area (Å²) < 4.78 is 1.97. The van der Waals surface area contributed by atoms with Crippen molar-refractivity contribution < 1.29 is 14.7 Å². The van der Waals surface area contributed by atoms with Crippen molar-refractivity contribution in [3.8, 4) is 0 Å². The highest BCUT2D eigenvalue weighted by Gasteiger charge is 2.24. The lowest BCUT2D eigenvalue weighted by Gasteiger charge is -2.31. The number of nitrogens with zero attached hydrogens (tertiary/aromatic N) is 2. The molecule has 3 rings (SSSR count). The lowest BCUT2D eigenvalue weighted by atomic mass is 9.93. The van der Waals surface area contributed by atoms with Crippen LogP contribution in [-0.4, -0.2) is 39.5 Å². The molecule has 0 radical (unpaired) electrons. The number of fused-ring (bicyclic) bond motifs is 1. The molecule has 1 N–H and O–H groups in total. The van der Waals surface area contributed by atoms with Gasteiger partial charge in [0.15, 0.2) is 0 Å². The zero-order valence-corrected chi connectivity index (χ0v) is 12.4. The van der Waals surface area contributed by atoms with Crippen molar-refractivity contribution in [2.45, 2.75) is 25.8 Å². The monoisotopic (exact) mass is 300 g/mol. The fraction of sp³-hybridized carbons (Fsp3) is 0.412. The molecule has 1 saturated heterocycles. The van der Waals surface area contributed by atoms with Crippen LogP contribution in [0.1, 0.15) is 19.3 Å². The number of hydrogen-bond donors (Lipinski definition) is 1. The smallest absolute Gasteiger partial charge is 0.303 e. The van der Waals surface area contributed by atoms with E-state index in [2.05, 4.69) is 0 Å². The Labute approximate surface area is 129 Å². The third kappa shape index (κ3) is 3.13. The first kappa shape index (κ1) is 14.6. The topological polar surface area (TPSA) is 62.5 Å². The van der Waals surface area contributed by atoms with Crippen molar-refractivity contribution in [2.75, 3.05) is 13.1 Å². The summed E-state index contributed by atoms with van der Waals surface area (Å²) in [4.78, 5) is 25.0. The minimum atomic E-state index is -0.747. The maximum Gasteiger partial charge on any atom is 0.303 e. The van der Waals surface area contributed by atoms with E-state index in [1.54, 1.807) is 0 Å². The molecule has 116 valence electrons. The SMILES string of the molecule is O=C(O)CC1CCN(C(=O)Cn2ccc3ccccc32)CC1. The Kier molecular flexibility index (Phi) is 4.13. The van der Waals surface area contributed by atoms with Gasteiger partial charge in [0.05, 0.1) is 0 Å². The summed E-state index contributed by atoms with van der Waals surface area (Å²) in [7, 11) is 0. The first-order valence-corrected chi connectivity index (χ1v) is 7.67. The second-order valence-corrected chi connectivity index (χ2v) is 5.92. The molecule has 2 aromatic rings. The lowest BCUT2D eigenvalue weighted by Crippen LogP contribution is -2.40. The first-order valence-electron chi connectivity index (χ1n) is 7.67. The average Bonchev–Trinajstić information content (AvgIpc) is 2.91. The van der Waals surface area contributed by atoms with Gasteiger partial charge < -0.3 is 14.6 Å². The molecule has 1 fully saturated rings. The van der Waals surface area contributed by atoms with Crippen molar-refractivity contribution in [1.29, 1.82) is 0 Å². The molecule has 1 aromatic heterocycles. The summed E-state index contributed by atoms with van der Waals surface area (Å²) >= 11 is 0. The molecule has 5 nitrogen and oxygen atoms in total. The van der Waals surface area contributed by atoms with Crippen LogP contribution in [0.15, 0.2) is 36.5 Å². The van der Waals surface area contributed by atoms with E-state index >= 15 is 0 Å². The van der Waals surface area contributed by atoms with Crippen molar-refractivity contribution >= 4 is 22.8 Å². The quantitative estimate of drug-likeness (QED) is 0.943. The van der Waals surface area contributed by atoms with Crippen molar-refractivity contribution in [3.05, 3.63) is 36.5 Å². The molecule has 0 aliphatic carbocycles. The van der Waals surface area contributed by atoms with E-state index in [9.17, 15) is 9.59 Å². The van der Waals surface area contributed by atoms with E-state index in [4.69, 9.17) is 5.11 Å². The summed E-state index contributed by atoms with van der Waals surface area (Å²) in [5.74, 6) is -0.437. The van der Waals surface area contributed by atoms with E-state index in [1.807, 2.05) is 46.0 Å². The number of aliphatic carboxylic acids is 1. The predicted molar refractivity (Wildman–Crippen MR) is 83.5 cm³/mol. The highest BCUT2D eigenvalue weighted by atomic mass is 16.4. The van der Waals surface area contributed by atoms with Gasteiger partial charge >= 0.3 is 5.97 Å². The Morgan fingerprint density at radius 2 is 1.86 bits per heavy atom. The Morgan fingerprint density at radius 1 is 1.14 bits per heavy atom. The van der Waals surface area contributed by atoms with E-state index in [0.717, 1.165) is 23.7 Å². The van der Waals surface area contributed by atoms with Gasteiger partial charge in [-0.25, -0.2) is 0 Å². The van der Waals surface area contributed by atoms with Crippen molar-refractivity contribution in [2.24, 2.45) is 5.92 Å². The standard InChI is InChI=1S/C17H20N2O3/c20-16(18-8-5-13(6-9-18)11-17(21)22)12-19-10-7-14-3-1-2-4-15(14)19/h1-4,7,10,13H,5-6,8-9,11-12H2,(H,21,22). The molecule has 0 saturated carbocycles. The van der Waals surface area contributed by atoms with Crippen LogP contribution in [-0.2, 0) is 16.1 Å². The highest BCUT2D eigenvalue weighted by Crippen LogP contribution is 2.21. The Bertz CT molecular complexity index is 684. The number of para-hydroxylation sites is 1. The zero-order chi connectivity index (χ0) is 15.5. The summed E-state index contributed by atoms with van der Waals surface area (Å²) in [6.07, 6.45) is 3.72. The van der Waals surface area contributed by atoms with Crippen LogP contribution < -0.4 is 0 Å². The van der Waals surface area contributed by atoms with Crippen LogP contribution in [0.25, 0.3) is 10.9 Å². The van der Waals surface area contributed by atoms with Crippen LogP contribution >= 0.6 is 0 Å². The molecule has 0 spiro atoms. The first-order chi connectivity index (χ1) is 10.6. The Morgan fingerprint density at radius 3 is 2.59 bits per heavy atom. The summed E-state index contributed by atoms with van der Waals surface area (Å²) in [5, 5.41) is 9.96. The zero-order valence-electron chi connectivity index (χ0n) is 12.4. The van der Waals surface area contributed by atoms with E-state index in [0.29, 0.717) is 19.6 Å². The summed E-state index contributed by atoms with van der Waals surface area (Å²) in [5.41, 5.74) is 1.07. The third-order valence-corrected chi connectivity index (χ3v) is 4.42. The van der Waals surface area contributed by atoms with Crippen LogP contribution in [0.3, 0.4) is 0 Å². The molecule has 0 atom stereocenters. The second-order valence-electron chi connectivity index (χ2n) is 5.92. The predicted octanol–water partition coefficient (Wildman–Crippen LogP) is 2.35. The minimum Gasteiger partial charge on any atom is -0.481 e. The van der Waals surface area contributed by atoms with Crippen molar-refractivity contribution in [3.63, 3.8) is 0 Å². The van der Waals surface area contributed by atoms with Crippen LogP contribution in [0.2, 0.25) is 0 Å². The number of carbonyl (C=O) groups excluding carboxylic acids is 1. The van der Waals surface area contributed by atoms with E-state index < -0.39 is 5.97 Å². The fourth-order valence-corrected chi connectivity index (χ4v) is 3.16. The van der Waals surface area contributed by atoms with Crippen LogP contribution in [0, 0.1) is 5.92 Å². The molecule has 0 bridgehead atoms. The molecule has 22 heavy (non-hydrogen) atoms. The van der Waals surface area contributed by atoms with Gasteiger partial charge in [-0.3, -0.25) is 9.59 Å². The van der Waals surface area contributed by atoms with Gasteiger partial charge in [0, 0.05) is 31.2 Å². The molecule has 2 heterocycles. The summed E-state index contributed by atoms with van der Waals surface area (Å²) in [6, 6.07) is 10.0. The normalized spacial score (nSPS) is 16.1. The summed E-state index contributed by atoms with van der Waals surface area (Å²) in [6.45, 7) is 1.67. The maximum absolute atomic E-state index is 12.4. The Balaban J connectivity index is 1.60. The number of carboxylic acid groups (broad SMARTS) is 1. The molecule has 1 aliphatic heterocycles. The second kappa shape index (κ2) is 6.22.